The van der Waals surface area contributed by atoms with Gasteiger partial charge in [-0.05, 0) is 49.8 Å². The lowest BCUT2D eigenvalue weighted by Crippen LogP contribution is -2.43. The number of benzene rings is 1. The topological polar surface area (TPSA) is 20.3 Å². The van der Waals surface area contributed by atoms with E-state index >= 15 is 0 Å². The standard InChI is InChI=1S/C15H18ClNO/c16-13-6-7-15(12(9-13)10-18)17-8-2-4-11-3-1-5-14(11)17/h6-7,9-11,14H,1-5,8H2. The lowest BCUT2D eigenvalue weighted by Gasteiger charge is -2.40. The summed E-state index contributed by atoms with van der Waals surface area (Å²) in [4.78, 5) is 13.7. The first-order chi connectivity index (χ1) is 8.79. The van der Waals surface area contributed by atoms with Crippen LogP contribution in [-0.2, 0) is 0 Å². The first-order valence-electron chi connectivity index (χ1n) is 6.81. The maximum Gasteiger partial charge on any atom is 0.152 e. The van der Waals surface area contributed by atoms with Crippen LogP contribution < -0.4 is 4.90 Å². The molecule has 1 aliphatic carbocycles. The van der Waals surface area contributed by atoms with E-state index in [0.717, 1.165) is 30.0 Å². The van der Waals surface area contributed by atoms with Crippen molar-refractivity contribution in [3.05, 3.63) is 28.8 Å². The van der Waals surface area contributed by atoms with Gasteiger partial charge in [-0.1, -0.05) is 18.0 Å². The first kappa shape index (κ1) is 12.0. The van der Waals surface area contributed by atoms with Gasteiger partial charge >= 0.3 is 0 Å². The molecule has 2 atom stereocenters. The van der Waals surface area contributed by atoms with E-state index in [4.69, 9.17) is 11.6 Å². The smallest absolute Gasteiger partial charge is 0.152 e. The molecule has 2 unspecified atom stereocenters. The minimum absolute atomic E-state index is 0.638. The molecular weight excluding hydrogens is 246 g/mol. The van der Waals surface area contributed by atoms with Crippen LogP contribution in [0.5, 0.6) is 0 Å². The average Bonchev–Trinajstić information content (AvgIpc) is 2.86. The zero-order valence-corrected chi connectivity index (χ0v) is 11.2. The largest absolute Gasteiger partial charge is 0.368 e. The fourth-order valence-electron chi connectivity index (χ4n) is 3.63. The van der Waals surface area contributed by atoms with Gasteiger partial charge in [0, 0.05) is 28.9 Å². The summed E-state index contributed by atoms with van der Waals surface area (Å²) in [7, 11) is 0. The Kier molecular flexibility index (Phi) is 3.29. The average molecular weight is 264 g/mol. The zero-order chi connectivity index (χ0) is 12.5. The van der Waals surface area contributed by atoms with Crippen molar-refractivity contribution in [2.45, 2.75) is 38.1 Å². The van der Waals surface area contributed by atoms with E-state index in [9.17, 15) is 4.79 Å². The van der Waals surface area contributed by atoms with Crippen molar-refractivity contribution < 1.29 is 4.79 Å². The lowest BCUT2D eigenvalue weighted by atomic mass is 9.91. The number of nitrogens with zero attached hydrogens (tertiary/aromatic N) is 1. The Hall–Kier alpha value is -1.02. The molecule has 1 saturated heterocycles. The number of hydrogen-bond donors (Lipinski definition) is 0. The molecule has 0 radical (unpaired) electrons. The van der Waals surface area contributed by atoms with Gasteiger partial charge in [0.05, 0.1) is 0 Å². The van der Waals surface area contributed by atoms with Crippen LogP contribution in [0.2, 0.25) is 5.02 Å². The second kappa shape index (κ2) is 4.93. The lowest BCUT2D eigenvalue weighted by molar-refractivity contribution is 0.112. The second-order valence-corrected chi connectivity index (χ2v) is 5.85. The number of aldehydes is 1. The summed E-state index contributed by atoms with van der Waals surface area (Å²) >= 11 is 5.97. The maximum absolute atomic E-state index is 11.2. The molecule has 0 amide bonds. The van der Waals surface area contributed by atoms with E-state index < -0.39 is 0 Å². The van der Waals surface area contributed by atoms with Crippen molar-refractivity contribution in [2.24, 2.45) is 5.92 Å². The first-order valence-corrected chi connectivity index (χ1v) is 7.19. The van der Waals surface area contributed by atoms with Crippen LogP contribution in [0.25, 0.3) is 0 Å². The Morgan fingerprint density at radius 3 is 2.89 bits per heavy atom. The van der Waals surface area contributed by atoms with Crippen molar-refractivity contribution in [3.8, 4) is 0 Å². The highest BCUT2D eigenvalue weighted by atomic mass is 35.5. The van der Waals surface area contributed by atoms with Gasteiger partial charge in [0.1, 0.15) is 0 Å². The molecule has 0 spiro atoms. The summed E-state index contributed by atoms with van der Waals surface area (Å²) in [5.41, 5.74) is 1.81. The van der Waals surface area contributed by atoms with E-state index in [-0.39, 0.29) is 0 Å². The summed E-state index contributed by atoms with van der Waals surface area (Å²) in [5.74, 6) is 0.828. The van der Waals surface area contributed by atoms with Crippen molar-refractivity contribution >= 4 is 23.6 Å². The van der Waals surface area contributed by atoms with Crippen LogP contribution in [0.15, 0.2) is 18.2 Å². The van der Waals surface area contributed by atoms with E-state index in [0.29, 0.717) is 11.1 Å². The second-order valence-electron chi connectivity index (χ2n) is 5.41. The number of fused-ring (bicyclic) bond motifs is 1. The molecule has 0 aromatic heterocycles. The highest BCUT2D eigenvalue weighted by Crippen LogP contribution is 2.40. The van der Waals surface area contributed by atoms with Crippen LogP contribution in [-0.4, -0.2) is 18.9 Å². The molecule has 1 aromatic carbocycles. The van der Waals surface area contributed by atoms with Gasteiger partial charge in [0.25, 0.3) is 0 Å². The highest BCUT2D eigenvalue weighted by Gasteiger charge is 2.35. The fourth-order valence-corrected chi connectivity index (χ4v) is 3.81. The van der Waals surface area contributed by atoms with Gasteiger partial charge in [0.15, 0.2) is 6.29 Å². The Balaban J connectivity index is 1.95. The number of hydrogen-bond acceptors (Lipinski definition) is 2. The Morgan fingerprint density at radius 1 is 1.22 bits per heavy atom. The Morgan fingerprint density at radius 2 is 2.06 bits per heavy atom. The summed E-state index contributed by atoms with van der Waals surface area (Å²) in [6, 6.07) is 6.32. The monoisotopic (exact) mass is 263 g/mol. The quantitative estimate of drug-likeness (QED) is 0.754. The number of carbonyl (C=O) groups is 1. The molecular formula is C15H18ClNO. The van der Waals surface area contributed by atoms with Crippen LogP contribution >= 0.6 is 11.6 Å². The van der Waals surface area contributed by atoms with E-state index in [1.165, 1.54) is 32.1 Å². The third-order valence-corrected chi connectivity index (χ3v) is 4.65. The molecule has 2 fully saturated rings. The molecule has 1 aromatic rings. The summed E-state index contributed by atoms with van der Waals surface area (Å²) in [5, 5.41) is 0.640. The third kappa shape index (κ3) is 2.03. The Labute approximate surface area is 113 Å². The number of rotatable bonds is 2. The maximum atomic E-state index is 11.2. The molecule has 1 saturated carbocycles. The number of halogens is 1. The van der Waals surface area contributed by atoms with Crippen LogP contribution in [0.3, 0.4) is 0 Å². The van der Waals surface area contributed by atoms with Crippen molar-refractivity contribution in [3.63, 3.8) is 0 Å². The summed E-state index contributed by atoms with van der Waals surface area (Å²) in [6.45, 7) is 1.07. The molecule has 1 aliphatic heterocycles. The minimum atomic E-state index is 0.638. The van der Waals surface area contributed by atoms with Crippen molar-refractivity contribution in [1.29, 1.82) is 0 Å². The molecule has 18 heavy (non-hydrogen) atoms. The molecule has 3 rings (SSSR count). The number of carbonyl (C=O) groups excluding carboxylic acids is 1. The molecule has 1 heterocycles. The van der Waals surface area contributed by atoms with Gasteiger partial charge in [-0.2, -0.15) is 0 Å². The van der Waals surface area contributed by atoms with Gasteiger partial charge in [-0.3, -0.25) is 4.79 Å². The van der Waals surface area contributed by atoms with Crippen molar-refractivity contribution in [2.75, 3.05) is 11.4 Å². The van der Waals surface area contributed by atoms with E-state index in [1.807, 2.05) is 12.1 Å². The Bertz CT molecular complexity index is 460. The van der Waals surface area contributed by atoms with Gasteiger partial charge < -0.3 is 4.90 Å². The predicted octanol–water partition coefficient (Wildman–Crippen LogP) is 3.92. The molecule has 3 heteroatoms. The van der Waals surface area contributed by atoms with E-state index in [1.54, 1.807) is 6.07 Å². The molecule has 0 N–H and O–H groups in total. The molecule has 2 aliphatic rings. The van der Waals surface area contributed by atoms with Crippen LogP contribution in [0.4, 0.5) is 5.69 Å². The summed E-state index contributed by atoms with van der Waals surface area (Å²) < 4.78 is 0. The minimum Gasteiger partial charge on any atom is -0.368 e. The number of anilines is 1. The molecule has 0 bridgehead atoms. The zero-order valence-electron chi connectivity index (χ0n) is 10.4. The fraction of sp³-hybridized carbons (Fsp3) is 0.533. The van der Waals surface area contributed by atoms with Crippen LogP contribution in [0.1, 0.15) is 42.5 Å². The summed E-state index contributed by atoms with van der Waals surface area (Å²) in [6.07, 6.45) is 7.47. The third-order valence-electron chi connectivity index (χ3n) is 4.42. The highest BCUT2D eigenvalue weighted by molar-refractivity contribution is 6.31. The van der Waals surface area contributed by atoms with E-state index in [2.05, 4.69) is 4.90 Å². The van der Waals surface area contributed by atoms with Gasteiger partial charge in [0.2, 0.25) is 0 Å². The van der Waals surface area contributed by atoms with Crippen molar-refractivity contribution in [1.82, 2.24) is 0 Å². The predicted molar refractivity (Wildman–Crippen MR) is 74.5 cm³/mol. The SMILES string of the molecule is O=Cc1cc(Cl)ccc1N1CCCC2CCCC21. The molecule has 2 nitrogen and oxygen atoms in total. The van der Waals surface area contributed by atoms with Crippen LogP contribution in [0, 0.1) is 5.92 Å². The number of piperidine rings is 1. The normalized spacial score (nSPS) is 27.1. The van der Waals surface area contributed by atoms with Gasteiger partial charge in [-0.25, -0.2) is 0 Å². The molecule has 96 valence electrons. The van der Waals surface area contributed by atoms with Gasteiger partial charge in [-0.15, -0.1) is 0 Å².